The van der Waals surface area contributed by atoms with Gasteiger partial charge < -0.3 is 10.2 Å². The Morgan fingerprint density at radius 1 is 1.22 bits per heavy atom. The number of nitrogens with zero attached hydrogens (tertiary/aromatic N) is 2. The predicted molar refractivity (Wildman–Crippen MR) is 78.3 cm³/mol. The van der Waals surface area contributed by atoms with Crippen LogP contribution in [0.3, 0.4) is 0 Å². The minimum absolute atomic E-state index is 0.711. The summed E-state index contributed by atoms with van der Waals surface area (Å²) in [4.78, 5) is 6.88. The maximum atomic E-state index is 4.36. The Morgan fingerprint density at radius 2 is 2.00 bits per heavy atom. The molecule has 3 nitrogen and oxygen atoms in total. The quantitative estimate of drug-likeness (QED) is 0.860. The van der Waals surface area contributed by atoms with Crippen LogP contribution in [0.5, 0.6) is 0 Å². The first-order valence-corrected chi connectivity index (χ1v) is 7.30. The lowest BCUT2D eigenvalue weighted by molar-refractivity contribution is 0.418. The third kappa shape index (κ3) is 3.15. The van der Waals surface area contributed by atoms with Crippen molar-refractivity contribution < 1.29 is 0 Å². The Labute approximate surface area is 111 Å². The lowest BCUT2D eigenvalue weighted by atomic mass is 9.94. The second-order valence-corrected chi connectivity index (χ2v) is 5.04. The Kier molecular flexibility index (Phi) is 4.85. The summed E-state index contributed by atoms with van der Waals surface area (Å²) in [7, 11) is 0. The smallest absolute Gasteiger partial charge is 0.0575 e. The van der Waals surface area contributed by atoms with E-state index in [0.29, 0.717) is 6.04 Å². The van der Waals surface area contributed by atoms with E-state index in [0.717, 1.165) is 18.8 Å². The van der Waals surface area contributed by atoms with Gasteiger partial charge in [-0.05, 0) is 32.8 Å². The molecule has 1 aromatic rings. The SMILES string of the molecule is CCNc1cncc(N(CC)C2CCCCC2)c1. The highest BCUT2D eigenvalue weighted by atomic mass is 15.2. The number of nitrogens with one attached hydrogen (secondary N) is 1. The van der Waals surface area contributed by atoms with Gasteiger partial charge in [-0.3, -0.25) is 4.98 Å². The van der Waals surface area contributed by atoms with E-state index in [-0.39, 0.29) is 0 Å². The van der Waals surface area contributed by atoms with Crippen LogP contribution in [0.2, 0.25) is 0 Å². The molecule has 100 valence electrons. The summed E-state index contributed by atoms with van der Waals surface area (Å²) in [6.45, 7) is 6.38. The summed E-state index contributed by atoms with van der Waals surface area (Å²) in [5.41, 5.74) is 2.40. The van der Waals surface area contributed by atoms with E-state index in [9.17, 15) is 0 Å². The molecule has 0 bridgehead atoms. The number of pyridine rings is 1. The van der Waals surface area contributed by atoms with Crippen molar-refractivity contribution in [1.82, 2.24) is 4.98 Å². The molecule has 1 aromatic heterocycles. The van der Waals surface area contributed by atoms with Gasteiger partial charge in [-0.15, -0.1) is 0 Å². The Morgan fingerprint density at radius 3 is 2.67 bits per heavy atom. The van der Waals surface area contributed by atoms with Gasteiger partial charge in [-0.1, -0.05) is 19.3 Å². The fourth-order valence-electron chi connectivity index (χ4n) is 2.93. The predicted octanol–water partition coefficient (Wildman–Crippen LogP) is 3.67. The van der Waals surface area contributed by atoms with E-state index in [1.807, 2.05) is 12.4 Å². The van der Waals surface area contributed by atoms with Crippen molar-refractivity contribution in [2.45, 2.75) is 52.0 Å². The van der Waals surface area contributed by atoms with Gasteiger partial charge in [0, 0.05) is 19.1 Å². The fraction of sp³-hybridized carbons (Fsp3) is 0.667. The number of aromatic nitrogens is 1. The molecule has 3 heteroatoms. The van der Waals surface area contributed by atoms with E-state index in [1.54, 1.807) is 0 Å². The number of rotatable bonds is 5. The minimum Gasteiger partial charge on any atom is -0.384 e. The monoisotopic (exact) mass is 247 g/mol. The van der Waals surface area contributed by atoms with E-state index in [2.05, 4.69) is 35.1 Å². The molecule has 1 aliphatic carbocycles. The van der Waals surface area contributed by atoms with E-state index in [1.165, 1.54) is 37.8 Å². The molecule has 1 N–H and O–H groups in total. The van der Waals surface area contributed by atoms with Gasteiger partial charge in [-0.2, -0.15) is 0 Å². The summed E-state index contributed by atoms with van der Waals surface area (Å²) in [5, 5.41) is 3.34. The molecule has 1 aliphatic rings. The van der Waals surface area contributed by atoms with Gasteiger partial charge in [0.15, 0.2) is 0 Å². The summed E-state index contributed by atoms with van der Waals surface area (Å²) < 4.78 is 0. The van der Waals surface area contributed by atoms with Crippen LogP contribution in [0.25, 0.3) is 0 Å². The first-order valence-electron chi connectivity index (χ1n) is 7.30. The molecule has 18 heavy (non-hydrogen) atoms. The molecule has 0 spiro atoms. The molecule has 1 fully saturated rings. The third-order valence-electron chi connectivity index (χ3n) is 3.79. The Hall–Kier alpha value is -1.25. The third-order valence-corrected chi connectivity index (χ3v) is 3.79. The average molecular weight is 247 g/mol. The van der Waals surface area contributed by atoms with Crippen molar-refractivity contribution in [3.8, 4) is 0 Å². The standard InChI is InChI=1S/C15H25N3/c1-3-17-13-10-15(12-16-11-13)18(4-2)14-8-6-5-7-9-14/h10-12,14,17H,3-9H2,1-2H3. The maximum Gasteiger partial charge on any atom is 0.0575 e. The van der Waals surface area contributed by atoms with Crippen LogP contribution in [0, 0.1) is 0 Å². The maximum absolute atomic E-state index is 4.36. The fourth-order valence-corrected chi connectivity index (χ4v) is 2.93. The van der Waals surface area contributed by atoms with Crippen molar-refractivity contribution in [3.63, 3.8) is 0 Å². The number of hydrogen-bond acceptors (Lipinski definition) is 3. The van der Waals surface area contributed by atoms with E-state index < -0.39 is 0 Å². The molecular weight excluding hydrogens is 222 g/mol. The molecule has 0 radical (unpaired) electrons. The van der Waals surface area contributed by atoms with Gasteiger partial charge in [0.2, 0.25) is 0 Å². The van der Waals surface area contributed by atoms with Gasteiger partial charge >= 0.3 is 0 Å². The summed E-state index contributed by atoms with van der Waals surface area (Å²) in [6.07, 6.45) is 10.7. The zero-order valence-corrected chi connectivity index (χ0v) is 11.7. The van der Waals surface area contributed by atoms with Gasteiger partial charge in [0.05, 0.1) is 23.8 Å². The van der Waals surface area contributed by atoms with Crippen molar-refractivity contribution in [3.05, 3.63) is 18.5 Å². The number of anilines is 2. The highest BCUT2D eigenvalue weighted by Gasteiger charge is 2.20. The molecule has 0 aromatic carbocycles. The molecule has 0 amide bonds. The molecule has 0 atom stereocenters. The summed E-state index contributed by atoms with van der Waals surface area (Å²) >= 11 is 0. The van der Waals surface area contributed by atoms with E-state index in [4.69, 9.17) is 0 Å². The van der Waals surface area contributed by atoms with Crippen LogP contribution >= 0.6 is 0 Å². The highest BCUT2D eigenvalue weighted by molar-refractivity contribution is 5.56. The van der Waals surface area contributed by atoms with Crippen LogP contribution in [-0.2, 0) is 0 Å². The molecular formula is C15H25N3. The Bertz CT molecular complexity index is 359. The summed E-state index contributed by atoms with van der Waals surface area (Å²) in [5.74, 6) is 0. The zero-order chi connectivity index (χ0) is 12.8. The highest BCUT2D eigenvalue weighted by Crippen LogP contribution is 2.27. The van der Waals surface area contributed by atoms with Crippen LogP contribution in [0.4, 0.5) is 11.4 Å². The zero-order valence-electron chi connectivity index (χ0n) is 11.7. The van der Waals surface area contributed by atoms with Gasteiger partial charge in [0.25, 0.3) is 0 Å². The molecule has 2 rings (SSSR count). The Balaban J connectivity index is 2.12. The molecule has 0 saturated heterocycles. The van der Waals surface area contributed by atoms with E-state index >= 15 is 0 Å². The van der Waals surface area contributed by atoms with Crippen LogP contribution in [-0.4, -0.2) is 24.1 Å². The molecule has 1 saturated carbocycles. The van der Waals surface area contributed by atoms with Gasteiger partial charge in [0.1, 0.15) is 0 Å². The van der Waals surface area contributed by atoms with Crippen LogP contribution in [0.1, 0.15) is 46.0 Å². The largest absolute Gasteiger partial charge is 0.384 e. The molecule has 0 aliphatic heterocycles. The van der Waals surface area contributed by atoms with Crippen LogP contribution in [0.15, 0.2) is 18.5 Å². The molecule has 0 unspecified atom stereocenters. The summed E-state index contributed by atoms with van der Waals surface area (Å²) in [6, 6.07) is 2.94. The lowest BCUT2D eigenvalue weighted by Gasteiger charge is -2.35. The molecule has 1 heterocycles. The second kappa shape index (κ2) is 6.62. The topological polar surface area (TPSA) is 28.2 Å². The van der Waals surface area contributed by atoms with Crippen molar-refractivity contribution in [1.29, 1.82) is 0 Å². The first-order chi connectivity index (χ1) is 8.85. The van der Waals surface area contributed by atoms with Crippen molar-refractivity contribution in [2.24, 2.45) is 0 Å². The van der Waals surface area contributed by atoms with Crippen molar-refractivity contribution >= 4 is 11.4 Å². The number of hydrogen-bond donors (Lipinski definition) is 1. The van der Waals surface area contributed by atoms with Crippen LogP contribution < -0.4 is 10.2 Å². The minimum atomic E-state index is 0.711. The second-order valence-electron chi connectivity index (χ2n) is 5.04. The van der Waals surface area contributed by atoms with Gasteiger partial charge in [-0.25, -0.2) is 0 Å². The lowest BCUT2D eigenvalue weighted by Crippen LogP contribution is -2.36. The first kappa shape index (κ1) is 13.2. The van der Waals surface area contributed by atoms with Crippen molar-refractivity contribution in [2.75, 3.05) is 23.3 Å². The normalized spacial score (nSPS) is 16.6. The average Bonchev–Trinajstić information content (AvgIpc) is 2.42.